The van der Waals surface area contributed by atoms with E-state index in [-0.39, 0.29) is 10.8 Å². The minimum Gasteiger partial charge on any atom is -0.310 e. The van der Waals surface area contributed by atoms with E-state index in [0.29, 0.717) is 0 Å². The third kappa shape index (κ3) is 6.41. The molecule has 13 rings (SSSR count). The van der Waals surface area contributed by atoms with E-state index in [0.717, 1.165) is 50.9 Å². The normalized spacial score (nSPS) is 13.7. The van der Waals surface area contributed by atoms with Crippen LogP contribution >= 0.6 is 0 Å². The molecule has 2 aliphatic carbocycles. The van der Waals surface area contributed by atoms with E-state index in [1.54, 1.807) is 0 Å². The number of anilines is 6. The van der Waals surface area contributed by atoms with Gasteiger partial charge in [0, 0.05) is 61.4 Å². The first-order chi connectivity index (χ1) is 33.7. The second-order valence-corrected chi connectivity index (χ2v) is 19.8. The molecule has 3 nitrogen and oxygen atoms in total. The van der Waals surface area contributed by atoms with Crippen LogP contribution in [-0.2, 0) is 10.8 Å². The van der Waals surface area contributed by atoms with Crippen molar-refractivity contribution in [2.75, 3.05) is 9.80 Å². The standard InChI is InChI=1S/C66H51N3/c1-65(2)59-29-17-14-26-53(59)55-35-33-49(42-61(55)65)67(46-20-8-5-9-21-46)51-38-45(44-32-37-64-58(40-44)57-28-16-19-31-63(57)69(64)48-24-12-7-13-25-48)39-52(41-51)68(47-22-10-6-11-23-47)50-34-36-56-54-27-15-18-30-60(54)66(3,4)62(56)43-50/h5-43H,1-4H3. The predicted octanol–water partition coefficient (Wildman–Crippen LogP) is 18.0. The molecule has 11 aromatic rings. The fourth-order valence-corrected chi connectivity index (χ4v) is 11.7. The van der Waals surface area contributed by atoms with Crippen molar-refractivity contribution in [3.05, 3.63) is 259 Å². The van der Waals surface area contributed by atoms with Crippen LogP contribution in [0, 0.1) is 0 Å². The molecule has 0 fully saturated rings. The molecule has 0 radical (unpaired) electrons. The third-order valence-electron chi connectivity index (χ3n) is 15.1. The molecule has 330 valence electrons. The lowest BCUT2D eigenvalue weighted by molar-refractivity contribution is 0.660. The van der Waals surface area contributed by atoms with Gasteiger partial charge >= 0.3 is 0 Å². The van der Waals surface area contributed by atoms with Gasteiger partial charge in [-0.15, -0.1) is 0 Å². The van der Waals surface area contributed by atoms with Gasteiger partial charge < -0.3 is 14.4 Å². The van der Waals surface area contributed by atoms with Crippen LogP contribution in [-0.4, -0.2) is 4.57 Å². The molecule has 0 unspecified atom stereocenters. The smallest absolute Gasteiger partial charge is 0.0541 e. The minimum absolute atomic E-state index is 0.156. The van der Waals surface area contributed by atoms with Crippen LogP contribution in [0.3, 0.4) is 0 Å². The molecule has 0 N–H and O–H groups in total. The summed E-state index contributed by atoms with van der Waals surface area (Å²) in [6, 6.07) is 87.5. The molecule has 0 bridgehead atoms. The van der Waals surface area contributed by atoms with Gasteiger partial charge in [-0.05, 0) is 153 Å². The molecular formula is C66H51N3. The van der Waals surface area contributed by atoms with Crippen LogP contribution in [0.25, 0.3) is 60.9 Å². The van der Waals surface area contributed by atoms with Gasteiger partial charge in [0.1, 0.15) is 0 Å². The molecule has 0 atom stereocenters. The zero-order valence-electron chi connectivity index (χ0n) is 39.4. The van der Waals surface area contributed by atoms with Crippen molar-refractivity contribution in [2.24, 2.45) is 0 Å². The van der Waals surface area contributed by atoms with Crippen LogP contribution < -0.4 is 9.80 Å². The summed E-state index contributed by atoms with van der Waals surface area (Å²) in [6.45, 7) is 9.47. The first kappa shape index (κ1) is 40.8. The van der Waals surface area contributed by atoms with E-state index in [1.165, 1.54) is 66.3 Å². The summed E-state index contributed by atoms with van der Waals surface area (Å²) in [4.78, 5) is 4.91. The third-order valence-corrected chi connectivity index (χ3v) is 15.1. The summed E-state index contributed by atoms with van der Waals surface area (Å²) in [5.74, 6) is 0. The summed E-state index contributed by atoms with van der Waals surface area (Å²) >= 11 is 0. The van der Waals surface area contributed by atoms with Crippen LogP contribution in [0.5, 0.6) is 0 Å². The average Bonchev–Trinajstić information content (AvgIpc) is 3.93. The molecule has 3 heteroatoms. The van der Waals surface area contributed by atoms with Gasteiger partial charge in [0.2, 0.25) is 0 Å². The Labute approximate surface area is 404 Å². The molecule has 2 aliphatic rings. The van der Waals surface area contributed by atoms with Crippen molar-refractivity contribution in [3.63, 3.8) is 0 Å². The van der Waals surface area contributed by atoms with Crippen molar-refractivity contribution in [2.45, 2.75) is 38.5 Å². The summed E-state index contributed by atoms with van der Waals surface area (Å²) in [7, 11) is 0. The summed E-state index contributed by atoms with van der Waals surface area (Å²) in [5, 5.41) is 2.45. The topological polar surface area (TPSA) is 11.4 Å². The molecule has 1 aromatic heterocycles. The number of hydrogen-bond acceptors (Lipinski definition) is 2. The summed E-state index contributed by atoms with van der Waals surface area (Å²) < 4.78 is 2.39. The maximum atomic E-state index is 2.46. The lowest BCUT2D eigenvalue weighted by Crippen LogP contribution is -2.17. The number of aromatic nitrogens is 1. The second kappa shape index (κ2) is 15.6. The van der Waals surface area contributed by atoms with Crippen molar-refractivity contribution in [3.8, 4) is 39.1 Å². The van der Waals surface area contributed by atoms with Gasteiger partial charge in [-0.3, -0.25) is 0 Å². The van der Waals surface area contributed by atoms with Crippen molar-refractivity contribution >= 4 is 55.9 Å². The van der Waals surface area contributed by atoms with Crippen LogP contribution in [0.4, 0.5) is 34.1 Å². The van der Waals surface area contributed by atoms with E-state index in [9.17, 15) is 0 Å². The molecule has 10 aromatic carbocycles. The maximum Gasteiger partial charge on any atom is 0.0541 e. The molecule has 0 spiro atoms. The zero-order valence-corrected chi connectivity index (χ0v) is 39.4. The monoisotopic (exact) mass is 885 g/mol. The van der Waals surface area contributed by atoms with Crippen molar-refractivity contribution < 1.29 is 0 Å². The quantitative estimate of drug-likeness (QED) is 0.151. The van der Waals surface area contributed by atoms with E-state index in [1.807, 2.05) is 0 Å². The number of benzene rings is 10. The average molecular weight is 886 g/mol. The van der Waals surface area contributed by atoms with Gasteiger partial charge in [0.15, 0.2) is 0 Å². The lowest BCUT2D eigenvalue weighted by Gasteiger charge is -2.32. The molecule has 0 saturated carbocycles. The first-order valence-corrected chi connectivity index (χ1v) is 24.2. The number of fused-ring (bicyclic) bond motifs is 9. The fraction of sp³-hybridized carbons (Fsp3) is 0.0909. The Bertz CT molecular complexity index is 3620. The SMILES string of the molecule is CC1(C)c2ccccc2-c2ccc(N(c3ccccc3)c3cc(-c4ccc5c(c4)c4ccccc4n5-c4ccccc4)cc(N(c4ccccc4)c4ccc5c(c4)C(C)(C)c4ccccc4-5)c3)cc21. The highest BCUT2D eigenvalue weighted by atomic mass is 15.2. The number of para-hydroxylation sites is 4. The molecule has 69 heavy (non-hydrogen) atoms. The van der Waals surface area contributed by atoms with E-state index in [2.05, 4.69) is 279 Å². The van der Waals surface area contributed by atoms with E-state index in [4.69, 9.17) is 0 Å². The van der Waals surface area contributed by atoms with Crippen molar-refractivity contribution in [1.82, 2.24) is 4.57 Å². The Hall–Kier alpha value is -8.40. The van der Waals surface area contributed by atoms with Crippen molar-refractivity contribution in [1.29, 1.82) is 0 Å². The largest absolute Gasteiger partial charge is 0.310 e. The van der Waals surface area contributed by atoms with Crippen LogP contribution in [0.2, 0.25) is 0 Å². The Morgan fingerprint density at radius 3 is 1.29 bits per heavy atom. The Balaban J connectivity index is 1.06. The molecule has 1 heterocycles. The lowest BCUT2D eigenvalue weighted by atomic mass is 9.82. The Morgan fingerprint density at radius 2 is 0.739 bits per heavy atom. The molecule has 0 saturated heterocycles. The maximum absolute atomic E-state index is 2.46. The Kier molecular flexibility index (Phi) is 9.22. The minimum atomic E-state index is -0.156. The Morgan fingerprint density at radius 1 is 0.290 bits per heavy atom. The van der Waals surface area contributed by atoms with Gasteiger partial charge in [-0.25, -0.2) is 0 Å². The highest BCUT2D eigenvalue weighted by Gasteiger charge is 2.37. The summed E-state index contributed by atoms with van der Waals surface area (Å²) in [5.41, 5.74) is 22.8. The first-order valence-electron chi connectivity index (χ1n) is 24.2. The van der Waals surface area contributed by atoms with Crippen LogP contribution in [0.15, 0.2) is 237 Å². The zero-order chi connectivity index (χ0) is 46.4. The van der Waals surface area contributed by atoms with Gasteiger partial charge in [0.25, 0.3) is 0 Å². The predicted molar refractivity (Wildman–Crippen MR) is 291 cm³/mol. The van der Waals surface area contributed by atoms with Gasteiger partial charge in [0.05, 0.1) is 11.0 Å². The van der Waals surface area contributed by atoms with Gasteiger partial charge in [-0.1, -0.05) is 167 Å². The molecule has 0 aliphatic heterocycles. The fourth-order valence-electron chi connectivity index (χ4n) is 11.7. The highest BCUT2D eigenvalue weighted by molar-refractivity contribution is 6.10. The molecule has 0 amide bonds. The number of hydrogen-bond donors (Lipinski definition) is 0. The second-order valence-electron chi connectivity index (χ2n) is 19.8. The van der Waals surface area contributed by atoms with Crippen LogP contribution in [0.1, 0.15) is 49.9 Å². The number of rotatable bonds is 8. The number of nitrogens with zero attached hydrogens (tertiary/aromatic N) is 3. The highest BCUT2D eigenvalue weighted by Crippen LogP contribution is 2.53. The van der Waals surface area contributed by atoms with Gasteiger partial charge in [-0.2, -0.15) is 0 Å². The summed E-state index contributed by atoms with van der Waals surface area (Å²) in [6.07, 6.45) is 0. The van der Waals surface area contributed by atoms with E-state index < -0.39 is 0 Å². The molecular weight excluding hydrogens is 835 g/mol. The van der Waals surface area contributed by atoms with E-state index >= 15 is 0 Å².